The van der Waals surface area contributed by atoms with Gasteiger partial charge in [0.25, 0.3) is 0 Å². The molecule has 6 heteroatoms. The van der Waals surface area contributed by atoms with Crippen LogP contribution in [0.1, 0.15) is 12.1 Å². The molecule has 1 aromatic heterocycles. The number of aromatic nitrogens is 1. The molecule has 110 valence electrons. The SMILES string of the molecule is Cc1c(Br)c2ccccc2n1CC(=O)N[C@H]1CNC(=O)C1. The van der Waals surface area contributed by atoms with E-state index >= 15 is 0 Å². The Morgan fingerprint density at radius 2 is 2.24 bits per heavy atom. The van der Waals surface area contributed by atoms with E-state index in [0.29, 0.717) is 13.0 Å². The summed E-state index contributed by atoms with van der Waals surface area (Å²) in [7, 11) is 0. The van der Waals surface area contributed by atoms with Crippen molar-refractivity contribution >= 4 is 38.6 Å². The third kappa shape index (κ3) is 2.68. The molecular weight excluding hydrogens is 334 g/mol. The van der Waals surface area contributed by atoms with E-state index in [1.54, 1.807) is 0 Å². The van der Waals surface area contributed by atoms with Crippen LogP contribution in [0.5, 0.6) is 0 Å². The van der Waals surface area contributed by atoms with Crippen LogP contribution in [0.3, 0.4) is 0 Å². The molecule has 1 aliphatic heterocycles. The number of para-hydroxylation sites is 1. The van der Waals surface area contributed by atoms with Gasteiger partial charge in [-0.2, -0.15) is 0 Å². The maximum Gasteiger partial charge on any atom is 0.240 e. The lowest BCUT2D eigenvalue weighted by Crippen LogP contribution is -2.38. The van der Waals surface area contributed by atoms with Gasteiger partial charge in [-0.15, -0.1) is 0 Å². The highest BCUT2D eigenvalue weighted by atomic mass is 79.9. The lowest BCUT2D eigenvalue weighted by molar-refractivity contribution is -0.122. The molecule has 0 radical (unpaired) electrons. The number of fused-ring (bicyclic) bond motifs is 1. The van der Waals surface area contributed by atoms with Gasteiger partial charge < -0.3 is 15.2 Å². The molecule has 0 spiro atoms. The first-order valence-electron chi connectivity index (χ1n) is 6.85. The molecule has 0 unspecified atom stereocenters. The first kappa shape index (κ1) is 14.1. The average Bonchev–Trinajstić information content (AvgIpc) is 2.97. The second kappa shape index (κ2) is 5.52. The van der Waals surface area contributed by atoms with Crippen molar-refractivity contribution in [1.82, 2.24) is 15.2 Å². The van der Waals surface area contributed by atoms with Crippen molar-refractivity contribution in [1.29, 1.82) is 0 Å². The van der Waals surface area contributed by atoms with Crippen molar-refractivity contribution in [2.75, 3.05) is 6.54 Å². The average molecular weight is 350 g/mol. The Kier molecular flexibility index (Phi) is 3.71. The highest BCUT2D eigenvalue weighted by molar-refractivity contribution is 9.10. The summed E-state index contributed by atoms with van der Waals surface area (Å²) in [6, 6.07) is 7.87. The number of halogens is 1. The molecule has 1 aliphatic rings. The lowest BCUT2D eigenvalue weighted by atomic mass is 10.2. The predicted octanol–water partition coefficient (Wildman–Crippen LogP) is 1.72. The minimum atomic E-state index is -0.101. The zero-order valence-corrected chi connectivity index (χ0v) is 13.2. The highest BCUT2D eigenvalue weighted by Crippen LogP contribution is 2.30. The molecular formula is C15H16BrN3O2. The van der Waals surface area contributed by atoms with Crippen LogP contribution in [0.15, 0.2) is 28.7 Å². The molecule has 5 nitrogen and oxygen atoms in total. The first-order chi connectivity index (χ1) is 10.1. The number of hydrogen-bond acceptors (Lipinski definition) is 2. The molecule has 2 aromatic rings. The molecule has 3 rings (SSSR count). The van der Waals surface area contributed by atoms with E-state index in [-0.39, 0.29) is 24.4 Å². The monoisotopic (exact) mass is 349 g/mol. The Bertz CT molecular complexity index is 723. The summed E-state index contributed by atoms with van der Waals surface area (Å²) in [5, 5.41) is 6.71. The number of amides is 2. The van der Waals surface area contributed by atoms with Crippen LogP contribution in [0, 0.1) is 6.92 Å². The van der Waals surface area contributed by atoms with Gasteiger partial charge in [-0.3, -0.25) is 9.59 Å². The van der Waals surface area contributed by atoms with E-state index in [2.05, 4.69) is 26.6 Å². The number of carbonyl (C=O) groups is 2. The van der Waals surface area contributed by atoms with Crippen molar-refractivity contribution in [2.24, 2.45) is 0 Å². The van der Waals surface area contributed by atoms with Gasteiger partial charge in [-0.25, -0.2) is 0 Å². The molecule has 0 saturated carbocycles. The van der Waals surface area contributed by atoms with E-state index in [9.17, 15) is 9.59 Å². The van der Waals surface area contributed by atoms with E-state index in [4.69, 9.17) is 0 Å². The van der Waals surface area contributed by atoms with Crippen molar-refractivity contribution in [2.45, 2.75) is 25.9 Å². The number of hydrogen-bond donors (Lipinski definition) is 2. The van der Waals surface area contributed by atoms with Gasteiger partial charge in [-0.1, -0.05) is 18.2 Å². The summed E-state index contributed by atoms with van der Waals surface area (Å²) in [5.74, 6) is -0.0847. The molecule has 2 N–H and O–H groups in total. The van der Waals surface area contributed by atoms with Crippen LogP contribution in [-0.4, -0.2) is 29.0 Å². The molecule has 1 saturated heterocycles. The number of nitrogens with one attached hydrogen (secondary N) is 2. The minimum Gasteiger partial charge on any atom is -0.354 e. The van der Waals surface area contributed by atoms with Crippen molar-refractivity contribution in [3.05, 3.63) is 34.4 Å². The Morgan fingerprint density at radius 1 is 1.48 bits per heavy atom. The fourth-order valence-corrected chi connectivity index (χ4v) is 3.27. The molecule has 2 amide bonds. The maximum atomic E-state index is 12.2. The van der Waals surface area contributed by atoms with Crippen molar-refractivity contribution in [3.63, 3.8) is 0 Å². The largest absolute Gasteiger partial charge is 0.354 e. The van der Waals surface area contributed by atoms with Gasteiger partial charge in [0.1, 0.15) is 6.54 Å². The van der Waals surface area contributed by atoms with Crippen LogP contribution in [0.25, 0.3) is 10.9 Å². The van der Waals surface area contributed by atoms with Crippen molar-refractivity contribution in [3.8, 4) is 0 Å². The van der Waals surface area contributed by atoms with E-state index in [0.717, 1.165) is 21.1 Å². The zero-order chi connectivity index (χ0) is 15.0. The van der Waals surface area contributed by atoms with Crippen LogP contribution >= 0.6 is 15.9 Å². The number of nitrogens with zero attached hydrogens (tertiary/aromatic N) is 1. The Morgan fingerprint density at radius 3 is 2.95 bits per heavy atom. The third-order valence-corrected chi connectivity index (χ3v) is 4.80. The Balaban J connectivity index is 1.80. The summed E-state index contributed by atoms with van der Waals surface area (Å²) < 4.78 is 3.00. The second-order valence-corrected chi connectivity index (χ2v) is 6.07. The van der Waals surface area contributed by atoms with Crippen LogP contribution in [0.4, 0.5) is 0 Å². The van der Waals surface area contributed by atoms with Crippen LogP contribution in [-0.2, 0) is 16.1 Å². The normalized spacial score (nSPS) is 18.0. The van der Waals surface area contributed by atoms with Gasteiger partial charge >= 0.3 is 0 Å². The second-order valence-electron chi connectivity index (χ2n) is 5.28. The van der Waals surface area contributed by atoms with Gasteiger partial charge in [0.05, 0.1) is 6.04 Å². The maximum absolute atomic E-state index is 12.2. The number of carbonyl (C=O) groups excluding carboxylic acids is 2. The summed E-state index contributed by atoms with van der Waals surface area (Å²) in [6.45, 7) is 2.75. The van der Waals surface area contributed by atoms with Gasteiger partial charge in [0, 0.05) is 34.0 Å². The smallest absolute Gasteiger partial charge is 0.240 e. The van der Waals surface area contributed by atoms with Gasteiger partial charge in [0.15, 0.2) is 0 Å². The first-order valence-corrected chi connectivity index (χ1v) is 7.65. The minimum absolute atomic E-state index is 0.00867. The van der Waals surface area contributed by atoms with E-state index < -0.39 is 0 Å². The highest BCUT2D eigenvalue weighted by Gasteiger charge is 2.23. The summed E-state index contributed by atoms with van der Waals surface area (Å²) in [4.78, 5) is 23.3. The van der Waals surface area contributed by atoms with Gasteiger partial charge in [-0.05, 0) is 28.9 Å². The molecule has 1 fully saturated rings. The Labute approximate surface area is 130 Å². The zero-order valence-electron chi connectivity index (χ0n) is 11.6. The van der Waals surface area contributed by atoms with Crippen molar-refractivity contribution < 1.29 is 9.59 Å². The fourth-order valence-electron chi connectivity index (χ4n) is 2.72. The summed E-state index contributed by atoms with van der Waals surface area (Å²) >= 11 is 3.58. The number of benzene rings is 1. The molecule has 1 atom stereocenters. The molecule has 21 heavy (non-hydrogen) atoms. The van der Waals surface area contributed by atoms with Crippen LogP contribution < -0.4 is 10.6 Å². The van der Waals surface area contributed by atoms with Crippen LogP contribution in [0.2, 0.25) is 0 Å². The summed E-state index contributed by atoms with van der Waals surface area (Å²) in [5.41, 5.74) is 2.05. The molecule has 2 heterocycles. The topological polar surface area (TPSA) is 63.1 Å². The summed E-state index contributed by atoms with van der Waals surface area (Å²) in [6.07, 6.45) is 0.362. The lowest BCUT2D eigenvalue weighted by Gasteiger charge is -2.12. The standard InChI is InChI=1S/C15H16BrN3O2/c1-9-15(16)11-4-2-3-5-12(11)19(9)8-14(21)18-10-6-13(20)17-7-10/h2-5,10H,6-8H2,1H3,(H,17,20)(H,18,21)/t10-/m1/s1. The number of rotatable bonds is 3. The molecule has 0 bridgehead atoms. The fraction of sp³-hybridized carbons (Fsp3) is 0.333. The van der Waals surface area contributed by atoms with E-state index in [1.165, 1.54) is 0 Å². The Hall–Kier alpha value is -1.82. The third-order valence-electron chi connectivity index (χ3n) is 3.80. The molecule has 1 aromatic carbocycles. The predicted molar refractivity (Wildman–Crippen MR) is 83.9 cm³/mol. The van der Waals surface area contributed by atoms with E-state index in [1.807, 2.05) is 35.8 Å². The quantitative estimate of drug-likeness (QED) is 0.886. The van der Waals surface area contributed by atoms with Gasteiger partial charge in [0.2, 0.25) is 11.8 Å². The molecule has 0 aliphatic carbocycles.